The smallest absolute Gasteiger partial charge is 0.238 e. The number of anilines is 1. The second kappa shape index (κ2) is 7.72. The summed E-state index contributed by atoms with van der Waals surface area (Å²) in [4.78, 5) is 16.2. The number of para-hydroxylation sites is 1. The van der Waals surface area contributed by atoms with Crippen LogP contribution >= 0.6 is 0 Å². The van der Waals surface area contributed by atoms with Crippen LogP contribution in [0.25, 0.3) is 11.3 Å². The second-order valence-corrected chi connectivity index (χ2v) is 5.56. The van der Waals surface area contributed by atoms with E-state index in [2.05, 4.69) is 15.6 Å². The highest BCUT2D eigenvalue weighted by Crippen LogP contribution is 2.22. The van der Waals surface area contributed by atoms with Gasteiger partial charge in [0.1, 0.15) is 5.82 Å². The highest BCUT2D eigenvalue weighted by Gasteiger charge is 2.15. The molecule has 2 aromatic carbocycles. The van der Waals surface area contributed by atoms with Gasteiger partial charge in [0.25, 0.3) is 0 Å². The number of carbonyl (C=O) groups excluding carboxylic acids is 1. The van der Waals surface area contributed by atoms with Gasteiger partial charge in [0.2, 0.25) is 11.8 Å². The van der Waals surface area contributed by atoms with E-state index in [1.54, 1.807) is 18.3 Å². The predicted molar refractivity (Wildman–Crippen MR) is 93.4 cm³/mol. The van der Waals surface area contributed by atoms with Crippen molar-refractivity contribution in [2.45, 2.75) is 13.0 Å². The molecule has 0 radical (unpaired) electrons. The third-order valence-electron chi connectivity index (χ3n) is 3.67. The topological polar surface area (TPSA) is 67.2 Å². The van der Waals surface area contributed by atoms with E-state index in [1.165, 1.54) is 12.1 Å². The fraction of sp³-hybridized carbons (Fsp3) is 0.158. The quantitative estimate of drug-likeness (QED) is 0.717. The fourth-order valence-electron chi connectivity index (χ4n) is 2.31. The Morgan fingerprint density at radius 1 is 1.16 bits per heavy atom. The summed E-state index contributed by atoms with van der Waals surface area (Å²) in [5.74, 6) is 0.341. The molecule has 1 amide bonds. The van der Waals surface area contributed by atoms with Crippen molar-refractivity contribution in [3.8, 4) is 11.3 Å². The molecule has 0 aliphatic heterocycles. The van der Waals surface area contributed by atoms with Gasteiger partial charge in [0, 0.05) is 5.56 Å². The first-order valence-electron chi connectivity index (χ1n) is 7.92. The van der Waals surface area contributed by atoms with Crippen molar-refractivity contribution in [2.75, 3.05) is 11.9 Å². The number of nitrogens with zero attached hydrogens (tertiary/aromatic N) is 1. The van der Waals surface area contributed by atoms with Gasteiger partial charge in [-0.05, 0) is 19.1 Å². The number of hydrogen-bond donors (Lipinski definition) is 2. The Morgan fingerprint density at radius 3 is 2.64 bits per heavy atom. The number of halogens is 1. The van der Waals surface area contributed by atoms with E-state index in [0.717, 1.165) is 5.56 Å². The van der Waals surface area contributed by atoms with E-state index in [1.807, 2.05) is 37.3 Å². The molecule has 0 unspecified atom stereocenters. The number of benzene rings is 2. The van der Waals surface area contributed by atoms with Crippen molar-refractivity contribution >= 4 is 11.6 Å². The molecule has 3 aromatic rings. The summed E-state index contributed by atoms with van der Waals surface area (Å²) in [5.41, 5.74) is 1.09. The van der Waals surface area contributed by atoms with E-state index in [9.17, 15) is 9.18 Å². The Balaban J connectivity index is 1.56. The number of oxazole rings is 1. The Kier molecular flexibility index (Phi) is 5.20. The van der Waals surface area contributed by atoms with Crippen LogP contribution in [0.3, 0.4) is 0 Å². The molecule has 1 atom stereocenters. The Labute approximate surface area is 144 Å². The maximum atomic E-state index is 13.5. The van der Waals surface area contributed by atoms with Crippen LogP contribution in [0.2, 0.25) is 0 Å². The molecule has 0 saturated carbocycles. The number of carbonyl (C=O) groups is 1. The normalized spacial score (nSPS) is 11.9. The lowest BCUT2D eigenvalue weighted by molar-refractivity contribution is -0.115. The van der Waals surface area contributed by atoms with Gasteiger partial charge in [-0.15, -0.1) is 0 Å². The van der Waals surface area contributed by atoms with Gasteiger partial charge in [0.15, 0.2) is 5.76 Å². The van der Waals surface area contributed by atoms with Gasteiger partial charge in [-0.25, -0.2) is 9.37 Å². The molecule has 0 aliphatic carbocycles. The lowest BCUT2D eigenvalue weighted by Crippen LogP contribution is -2.30. The summed E-state index contributed by atoms with van der Waals surface area (Å²) in [5, 5.41) is 5.53. The first kappa shape index (κ1) is 16.9. The van der Waals surface area contributed by atoms with Crippen molar-refractivity contribution in [3.63, 3.8) is 0 Å². The van der Waals surface area contributed by atoms with Crippen molar-refractivity contribution in [1.29, 1.82) is 0 Å². The van der Waals surface area contributed by atoms with Crippen molar-refractivity contribution in [1.82, 2.24) is 10.3 Å². The Morgan fingerprint density at radius 2 is 1.88 bits per heavy atom. The molecule has 1 heterocycles. The average molecular weight is 339 g/mol. The maximum Gasteiger partial charge on any atom is 0.238 e. The molecular formula is C19H18FN3O2. The van der Waals surface area contributed by atoms with Gasteiger partial charge in [-0.1, -0.05) is 42.5 Å². The van der Waals surface area contributed by atoms with E-state index >= 15 is 0 Å². The van der Waals surface area contributed by atoms with Crippen LogP contribution in [0.1, 0.15) is 18.9 Å². The lowest BCUT2D eigenvalue weighted by atomic mass is 10.2. The molecular weight excluding hydrogens is 321 g/mol. The minimum Gasteiger partial charge on any atom is -0.439 e. The summed E-state index contributed by atoms with van der Waals surface area (Å²) < 4.78 is 19.3. The third kappa shape index (κ3) is 4.30. The van der Waals surface area contributed by atoms with Gasteiger partial charge in [-0.2, -0.15) is 0 Å². The van der Waals surface area contributed by atoms with Crippen molar-refractivity contribution in [2.24, 2.45) is 0 Å². The number of hydrogen-bond acceptors (Lipinski definition) is 4. The van der Waals surface area contributed by atoms with E-state index in [-0.39, 0.29) is 24.2 Å². The largest absolute Gasteiger partial charge is 0.439 e. The summed E-state index contributed by atoms with van der Waals surface area (Å²) in [6, 6.07) is 15.4. The zero-order valence-corrected chi connectivity index (χ0v) is 13.7. The molecule has 3 rings (SSSR count). The summed E-state index contributed by atoms with van der Waals surface area (Å²) >= 11 is 0. The van der Waals surface area contributed by atoms with Crippen LogP contribution in [0.5, 0.6) is 0 Å². The number of aromatic nitrogens is 1. The second-order valence-electron chi connectivity index (χ2n) is 5.56. The molecule has 0 aliphatic rings. The first-order chi connectivity index (χ1) is 12.1. The monoisotopic (exact) mass is 339 g/mol. The zero-order chi connectivity index (χ0) is 17.6. The molecule has 6 heteroatoms. The highest BCUT2D eigenvalue weighted by atomic mass is 19.1. The summed E-state index contributed by atoms with van der Waals surface area (Å²) in [7, 11) is 0. The molecule has 0 spiro atoms. The van der Waals surface area contributed by atoms with E-state index in [4.69, 9.17) is 4.42 Å². The van der Waals surface area contributed by atoms with E-state index < -0.39 is 5.82 Å². The van der Waals surface area contributed by atoms with Crippen LogP contribution in [-0.4, -0.2) is 17.4 Å². The standard InChI is InChI=1S/C19H18FN3O2/c1-13(19-22-11-17(25-19)14-7-3-2-4-8-14)21-12-18(24)23-16-10-6-5-9-15(16)20/h2-11,13,21H,12H2,1H3,(H,23,24)/t13-/m0/s1. The minimum atomic E-state index is -0.468. The van der Waals surface area contributed by atoms with E-state index in [0.29, 0.717) is 11.7 Å². The molecule has 25 heavy (non-hydrogen) atoms. The molecule has 0 saturated heterocycles. The number of rotatable bonds is 6. The zero-order valence-electron chi connectivity index (χ0n) is 13.7. The minimum absolute atomic E-state index is 0.0125. The van der Waals surface area contributed by atoms with Crippen molar-refractivity contribution in [3.05, 3.63) is 72.5 Å². The van der Waals surface area contributed by atoms with Crippen LogP contribution in [0.4, 0.5) is 10.1 Å². The summed E-state index contributed by atoms with van der Waals surface area (Å²) in [6.07, 6.45) is 1.66. The molecule has 128 valence electrons. The van der Waals surface area contributed by atoms with Gasteiger partial charge < -0.3 is 9.73 Å². The fourth-order valence-corrected chi connectivity index (χ4v) is 2.31. The molecule has 0 bridgehead atoms. The average Bonchev–Trinajstić information content (AvgIpc) is 3.13. The first-order valence-corrected chi connectivity index (χ1v) is 7.92. The van der Waals surface area contributed by atoms with Crippen LogP contribution < -0.4 is 10.6 Å². The maximum absolute atomic E-state index is 13.5. The predicted octanol–water partition coefficient (Wildman–Crippen LogP) is 3.77. The molecule has 2 N–H and O–H groups in total. The van der Waals surface area contributed by atoms with Crippen LogP contribution in [0.15, 0.2) is 65.2 Å². The number of amides is 1. The van der Waals surface area contributed by atoms with Crippen molar-refractivity contribution < 1.29 is 13.6 Å². The Hall–Kier alpha value is -2.99. The summed E-state index contributed by atoms with van der Waals surface area (Å²) in [6.45, 7) is 1.86. The van der Waals surface area contributed by atoms with Gasteiger partial charge in [-0.3, -0.25) is 10.1 Å². The molecule has 5 nitrogen and oxygen atoms in total. The van der Waals surface area contributed by atoms with Gasteiger partial charge >= 0.3 is 0 Å². The molecule has 0 fully saturated rings. The van der Waals surface area contributed by atoms with Crippen LogP contribution in [-0.2, 0) is 4.79 Å². The molecule has 1 aromatic heterocycles. The number of nitrogens with one attached hydrogen (secondary N) is 2. The lowest BCUT2D eigenvalue weighted by Gasteiger charge is -2.11. The third-order valence-corrected chi connectivity index (χ3v) is 3.67. The van der Waals surface area contributed by atoms with Gasteiger partial charge in [0.05, 0.1) is 24.5 Å². The Bertz CT molecular complexity index is 849. The SMILES string of the molecule is C[C@H](NCC(=O)Nc1ccccc1F)c1ncc(-c2ccccc2)o1. The van der Waals surface area contributed by atoms with Crippen LogP contribution in [0, 0.1) is 5.82 Å². The highest BCUT2D eigenvalue weighted by molar-refractivity contribution is 5.92.